The van der Waals surface area contributed by atoms with Gasteiger partial charge in [0, 0.05) is 39.6 Å². The highest BCUT2D eigenvalue weighted by atomic mass is 16.5. The predicted octanol–water partition coefficient (Wildman–Crippen LogP) is 0.967. The number of ether oxygens (including phenoxy) is 1. The fourth-order valence-electron chi connectivity index (χ4n) is 2.82. The lowest BCUT2D eigenvalue weighted by Gasteiger charge is -2.28. The number of hydrogen-bond donors (Lipinski definition) is 1. The second-order valence-electron chi connectivity index (χ2n) is 6.23. The van der Waals surface area contributed by atoms with E-state index in [1.807, 2.05) is 31.1 Å². The first-order valence-corrected chi connectivity index (χ1v) is 8.38. The van der Waals surface area contributed by atoms with Gasteiger partial charge in [-0.25, -0.2) is 24.9 Å². The first-order valence-electron chi connectivity index (χ1n) is 8.38. The fraction of sp³-hybridized carbons (Fsp3) is 0.353. The Hall–Kier alpha value is -3.07. The molecule has 0 atom stereocenters. The van der Waals surface area contributed by atoms with Crippen LogP contribution in [0.15, 0.2) is 24.5 Å². The van der Waals surface area contributed by atoms with E-state index < -0.39 is 0 Å². The maximum atomic E-state index is 5.59. The molecule has 1 aliphatic heterocycles. The molecule has 1 fully saturated rings. The van der Waals surface area contributed by atoms with Crippen molar-refractivity contribution in [2.75, 3.05) is 55.9 Å². The number of aromatic nitrogens is 5. The van der Waals surface area contributed by atoms with Gasteiger partial charge in [0.05, 0.1) is 24.3 Å². The van der Waals surface area contributed by atoms with E-state index >= 15 is 0 Å². The van der Waals surface area contributed by atoms with E-state index in [-0.39, 0.29) is 5.95 Å². The molecule has 3 aromatic heterocycles. The molecule has 3 aromatic rings. The summed E-state index contributed by atoms with van der Waals surface area (Å²) < 4.78 is 5.48. The highest BCUT2D eigenvalue weighted by Crippen LogP contribution is 2.28. The monoisotopic (exact) mass is 352 g/mol. The molecule has 0 radical (unpaired) electrons. The Labute approximate surface area is 150 Å². The van der Waals surface area contributed by atoms with Gasteiger partial charge in [-0.3, -0.25) is 0 Å². The lowest BCUT2D eigenvalue weighted by atomic mass is 10.2. The van der Waals surface area contributed by atoms with E-state index in [4.69, 9.17) is 20.4 Å². The first kappa shape index (κ1) is 16.4. The molecule has 0 amide bonds. The van der Waals surface area contributed by atoms with E-state index in [0.29, 0.717) is 24.6 Å². The van der Waals surface area contributed by atoms with Crippen LogP contribution in [0.1, 0.15) is 0 Å². The Morgan fingerprint density at radius 2 is 1.77 bits per heavy atom. The molecule has 9 heteroatoms. The van der Waals surface area contributed by atoms with Crippen LogP contribution in [0.3, 0.4) is 0 Å². The molecule has 4 rings (SSSR count). The van der Waals surface area contributed by atoms with Crippen LogP contribution >= 0.6 is 0 Å². The van der Waals surface area contributed by atoms with Crippen LogP contribution in [0, 0.1) is 0 Å². The molecule has 26 heavy (non-hydrogen) atoms. The molecule has 134 valence electrons. The molecule has 1 aliphatic rings. The fourth-order valence-corrected chi connectivity index (χ4v) is 2.82. The number of anilines is 3. The highest BCUT2D eigenvalue weighted by Gasteiger charge is 2.20. The van der Waals surface area contributed by atoms with Crippen molar-refractivity contribution >= 4 is 28.6 Å². The number of rotatable bonds is 3. The summed E-state index contributed by atoms with van der Waals surface area (Å²) in [4.78, 5) is 26.4. The molecule has 0 aromatic carbocycles. The van der Waals surface area contributed by atoms with Gasteiger partial charge in [0.2, 0.25) is 5.95 Å². The summed E-state index contributed by atoms with van der Waals surface area (Å²) in [5, 5.41) is 0. The summed E-state index contributed by atoms with van der Waals surface area (Å²) in [6.07, 6.45) is 3.27. The SMILES string of the molecule is CN(C)c1ccc2nc(-c3cnc(N)nc3)nc(N3CCOCC3)c2n1. The van der Waals surface area contributed by atoms with Gasteiger partial charge in [-0.15, -0.1) is 0 Å². The van der Waals surface area contributed by atoms with Crippen molar-refractivity contribution in [2.45, 2.75) is 0 Å². The third-order valence-corrected chi connectivity index (χ3v) is 4.21. The van der Waals surface area contributed by atoms with Crippen LogP contribution < -0.4 is 15.5 Å². The number of nitrogen functional groups attached to an aromatic ring is 1. The zero-order valence-corrected chi connectivity index (χ0v) is 14.8. The highest BCUT2D eigenvalue weighted by molar-refractivity contribution is 5.88. The minimum Gasteiger partial charge on any atom is -0.378 e. The maximum Gasteiger partial charge on any atom is 0.219 e. The zero-order valence-electron chi connectivity index (χ0n) is 14.8. The second kappa shape index (κ2) is 6.68. The standard InChI is InChI=1S/C17H20N8O/c1-24(2)13-4-3-12-14(22-13)16(25-5-7-26-8-6-25)23-15(21-12)11-9-19-17(18)20-10-11/h3-4,9-10H,5-8H2,1-2H3,(H2,18,19,20). The smallest absolute Gasteiger partial charge is 0.219 e. The third kappa shape index (κ3) is 3.08. The minimum absolute atomic E-state index is 0.222. The molecule has 1 saturated heterocycles. The van der Waals surface area contributed by atoms with Crippen molar-refractivity contribution in [2.24, 2.45) is 0 Å². The Balaban J connectivity index is 1.89. The topological polar surface area (TPSA) is 106 Å². The zero-order chi connectivity index (χ0) is 18.1. The van der Waals surface area contributed by atoms with Gasteiger partial charge < -0.3 is 20.3 Å². The van der Waals surface area contributed by atoms with Crippen LogP contribution in [0.5, 0.6) is 0 Å². The molecule has 4 heterocycles. The van der Waals surface area contributed by atoms with Gasteiger partial charge in [0.15, 0.2) is 11.6 Å². The average Bonchev–Trinajstić information content (AvgIpc) is 2.68. The molecule has 0 saturated carbocycles. The summed E-state index contributed by atoms with van der Waals surface area (Å²) in [6, 6.07) is 3.91. The number of morpholine rings is 1. The van der Waals surface area contributed by atoms with Crippen molar-refractivity contribution < 1.29 is 4.74 Å². The van der Waals surface area contributed by atoms with Crippen LogP contribution in [-0.2, 0) is 4.74 Å². The summed E-state index contributed by atoms with van der Waals surface area (Å²) in [5.74, 6) is 2.44. The summed E-state index contributed by atoms with van der Waals surface area (Å²) in [7, 11) is 3.92. The van der Waals surface area contributed by atoms with Crippen LogP contribution in [0.4, 0.5) is 17.6 Å². The quantitative estimate of drug-likeness (QED) is 0.737. The van der Waals surface area contributed by atoms with Crippen molar-refractivity contribution in [1.29, 1.82) is 0 Å². The van der Waals surface area contributed by atoms with Crippen molar-refractivity contribution in [3.8, 4) is 11.4 Å². The summed E-state index contributed by atoms with van der Waals surface area (Å²) in [6.45, 7) is 2.85. The van der Waals surface area contributed by atoms with Crippen LogP contribution in [-0.4, -0.2) is 65.3 Å². The maximum absolute atomic E-state index is 5.59. The molecule has 9 nitrogen and oxygen atoms in total. The lowest BCUT2D eigenvalue weighted by Crippen LogP contribution is -2.37. The molecule has 0 spiro atoms. The Morgan fingerprint density at radius 3 is 2.46 bits per heavy atom. The molecule has 0 bridgehead atoms. The van der Waals surface area contributed by atoms with E-state index in [1.165, 1.54) is 0 Å². The Bertz CT molecular complexity index is 922. The average molecular weight is 352 g/mol. The number of pyridine rings is 1. The van der Waals surface area contributed by atoms with Crippen molar-refractivity contribution in [3.05, 3.63) is 24.5 Å². The summed E-state index contributed by atoms with van der Waals surface area (Å²) >= 11 is 0. The Kier molecular flexibility index (Phi) is 4.21. The number of fused-ring (bicyclic) bond motifs is 1. The van der Waals surface area contributed by atoms with Gasteiger partial charge in [0.25, 0.3) is 0 Å². The van der Waals surface area contributed by atoms with Gasteiger partial charge in [0.1, 0.15) is 11.3 Å². The van der Waals surface area contributed by atoms with E-state index in [9.17, 15) is 0 Å². The van der Waals surface area contributed by atoms with E-state index in [1.54, 1.807) is 12.4 Å². The first-order chi connectivity index (χ1) is 12.6. The van der Waals surface area contributed by atoms with Crippen LogP contribution in [0.2, 0.25) is 0 Å². The molecular weight excluding hydrogens is 332 g/mol. The van der Waals surface area contributed by atoms with Gasteiger partial charge in [-0.1, -0.05) is 0 Å². The van der Waals surface area contributed by atoms with Gasteiger partial charge in [-0.05, 0) is 12.1 Å². The predicted molar refractivity (Wildman–Crippen MR) is 100 cm³/mol. The normalized spacial score (nSPS) is 14.6. The minimum atomic E-state index is 0.222. The largest absolute Gasteiger partial charge is 0.378 e. The third-order valence-electron chi connectivity index (χ3n) is 4.21. The van der Waals surface area contributed by atoms with Crippen molar-refractivity contribution in [3.63, 3.8) is 0 Å². The molecule has 2 N–H and O–H groups in total. The molecular formula is C17H20N8O. The number of hydrogen-bond acceptors (Lipinski definition) is 9. The number of nitrogens with two attached hydrogens (primary N) is 1. The van der Waals surface area contributed by atoms with Gasteiger partial charge >= 0.3 is 0 Å². The molecule has 0 unspecified atom stereocenters. The summed E-state index contributed by atoms with van der Waals surface area (Å²) in [5.41, 5.74) is 7.86. The molecule has 0 aliphatic carbocycles. The van der Waals surface area contributed by atoms with Gasteiger partial charge in [-0.2, -0.15) is 0 Å². The van der Waals surface area contributed by atoms with Crippen molar-refractivity contribution in [1.82, 2.24) is 24.9 Å². The Morgan fingerprint density at radius 1 is 1.04 bits per heavy atom. The second-order valence-corrected chi connectivity index (χ2v) is 6.23. The van der Waals surface area contributed by atoms with E-state index in [2.05, 4.69) is 19.9 Å². The van der Waals surface area contributed by atoms with Crippen LogP contribution in [0.25, 0.3) is 22.4 Å². The number of nitrogens with zero attached hydrogens (tertiary/aromatic N) is 7. The lowest BCUT2D eigenvalue weighted by molar-refractivity contribution is 0.122. The van der Waals surface area contributed by atoms with E-state index in [0.717, 1.165) is 35.8 Å².